The molecule has 3 heterocycles. The van der Waals surface area contributed by atoms with E-state index in [2.05, 4.69) is 34.4 Å². The maximum atomic E-state index is 14.5. The quantitative estimate of drug-likeness (QED) is 0.209. The van der Waals surface area contributed by atoms with E-state index in [1.54, 1.807) is 25.0 Å². The number of amides is 3. The highest BCUT2D eigenvalue weighted by atomic mass is 32.1. The summed E-state index contributed by atoms with van der Waals surface area (Å²) in [6.07, 6.45) is 4.73. The van der Waals surface area contributed by atoms with E-state index in [1.807, 2.05) is 42.5 Å². The smallest absolute Gasteiger partial charge is 0.268 e. The fourth-order valence-electron chi connectivity index (χ4n) is 8.01. The van der Waals surface area contributed by atoms with Crippen LogP contribution in [0.3, 0.4) is 0 Å². The summed E-state index contributed by atoms with van der Waals surface area (Å²) in [6, 6.07) is 12.6. The second-order valence-corrected chi connectivity index (χ2v) is 15.0. The number of carbonyl (C=O) groups is 4. The maximum absolute atomic E-state index is 14.5. The van der Waals surface area contributed by atoms with E-state index in [0.717, 1.165) is 53.2 Å². The van der Waals surface area contributed by atoms with Crippen molar-refractivity contribution in [2.75, 3.05) is 13.7 Å². The Hall–Kier alpha value is -4.25. The number of aromatic nitrogens is 2. The van der Waals surface area contributed by atoms with Crippen LogP contribution in [0.1, 0.15) is 73.2 Å². The summed E-state index contributed by atoms with van der Waals surface area (Å²) in [5.74, 6) is -0.436. The third kappa shape index (κ3) is 5.58. The van der Waals surface area contributed by atoms with Gasteiger partial charge >= 0.3 is 0 Å². The van der Waals surface area contributed by atoms with Crippen LogP contribution >= 0.6 is 11.3 Å². The Kier molecular flexibility index (Phi) is 8.06. The molecule has 4 aromatic rings. The number of fused-ring (bicyclic) bond motifs is 3. The Morgan fingerprint density at radius 2 is 1.81 bits per heavy atom. The number of nitrogens with one attached hydrogen (secondary N) is 3. The van der Waals surface area contributed by atoms with Crippen molar-refractivity contribution in [1.82, 2.24) is 25.5 Å². The number of hydrogen-bond acceptors (Lipinski definition) is 7. The van der Waals surface area contributed by atoms with Crippen molar-refractivity contribution >= 4 is 56.0 Å². The van der Waals surface area contributed by atoms with Crippen LogP contribution in [0.5, 0.6) is 5.75 Å². The fourth-order valence-corrected chi connectivity index (χ4v) is 9.01. The van der Waals surface area contributed by atoms with Gasteiger partial charge in [-0.2, -0.15) is 0 Å². The van der Waals surface area contributed by atoms with Gasteiger partial charge in [0.05, 0.1) is 23.4 Å². The molecule has 3 amide bonds. The highest BCUT2D eigenvalue weighted by molar-refractivity contribution is 7.20. The third-order valence-corrected chi connectivity index (χ3v) is 11.8. The van der Waals surface area contributed by atoms with Gasteiger partial charge in [0, 0.05) is 17.4 Å². The predicted octanol–water partition coefficient (Wildman–Crippen LogP) is 5.34. The first-order chi connectivity index (χ1) is 22.6. The third-order valence-electron chi connectivity index (χ3n) is 10.8. The van der Waals surface area contributed by atoms with Crippen LogP contribution in [-0.2, 0) is 9.59 Å². The number of benzene rings is 2. The zero-order valence-corrected chi connectivity index (χ0v) is 28.0. The fraction of sp³-hybridized carbons (Fsp3) is 0.472. The monoisotopic (exact) mass is 655 g/mol. The van der Waals surface area contributed by atoms with Gasteiger partial charge in [0.2, 0.25) is 17.6 Å². The van der Waals surface area contributed by atoms with E-state index in [1.165, 1.54) is 11.3 Å². The van der Waals surface area contributed by atoms with Crippen LogP contribution in [0.4, 0.5) is 0 Å². The van der Waals surface area contributed by atoms with E-state index >= 15 is 0 Å². The lowest BCUT2D eigenvalue weighted by Gasteiger charge is -2.37. The average molecular weight is 656 g/mol. The van der Waals surface area contributed by atoms with E-state index in [-0.39, 0.29) is 46.7 Å². The van der Waals surface area contributed by atoms with Crippen molar-refractivity contribution in [1.29, 1.82) is 0 Å². The first-order valence-electron chi connectivity index (χ1n) is 16.6. The van der Waals surface area contributed by atoms with Gasteiger partial charge in [0.25, 0.3) is 5.91 Å². The number of H-pyrrole nitrogens is 1. The Labute approximate surface area is 277 Å². The van der Waals surface area contributed by atoms with Gasteiger partial charge in [0.1, 0.15) is 23.5 Å². The lowest BCUT2D eigenvalue weighted by molar-refractivity contribution is -0.143. The molecule has 3 N–H and O–H groups in total. The van der Waals surface area contributed by atoms with E-state index in [0.29, 0.717) is 23.0 Å². The largest absolute Gasteiger partial charge is 0.496 e. The highest BCUT2D eigenvalue weighted by Gasteiger charge is 2.69. The van der Waals surface area contributed by atoms with Crippen molar-refractivity contribution in [2.45, 2.75) is 71.0 Å². The number of para-hydroxylation sites is 1. The summed E-state index contributed by atoms with van der Waals surface area (Å²) in [5.41, 5.74) is 1.76. The molecule has 47 heavy (non-hydrogen) atoms. The molecule has 0 spiro atoms. The molecule has 1 saturated heterocycles. The van der Waals surface area contributed by atoms with Crippen molar-refractivity contribution < 1.29 is 23.9 Å². The minimum Gasteiger partial charge on any atom is -0.496 e. The average Bonchev–Trinajstić information content (AvgIpc) is 3.61. The van der Waals surface area contributed by atoms with Gasteiger partial charge in [0.15, 0.2) is 5.01 Å². The minimum atomic E-state index is -0.811. The molecule has 1 aliphatic heterocycles. The van der Waals surface area contributed by atoms with Gasteiger partial charge in [-0.15, -0.1) is 11.3 Å². The first-order valence-corrected chi connectivity index (χ1v) is 17.4. The number of rotatable bonds is 9. The molecule has 2 aliphatic carbocycles. The number of methoxy groups -OCH3 is 1. The highest BCUT2D eigenvalue weighted by Crippen LogP contribution is 2.65. The number of piperidine rings is 1. The molecule has 10 nitrogen and oxygen atoms in total. The molecule has 1 unspecified atom stereocenters. The molecule has 0 bridgehead atoms. The van der Waals surface area contributed by atoms with Crippen molar-refractivity contribution in [3.63, 3.8) is 0 Å². The molecule has 246 valence electrons. The molecule has 2 saturated carbocycles. The van der Waals surface area contributed by atoms with Crippen molar-refractivity contribution in [2.24, 2.45) is 23.2 Å². The number of likely N-dealkylation sites (tertiary alicyclic amines) is 1. The zero-order chi connectivity index (χ0) is 33.0. The van der Waals surface area contributed by atoms with E-state index < -0.39 is 18.1 Å². The van der Waals surface area contributed by atoms with Crippen LogP contribution in [0.15, 0.2) is 48.5 Å². The van der Waals surface area contributed by atoms with Gasteiger partial charge in [-0.1, -0.05) is 51.3 Å². The normalized spacial score (nSPS) is 23.2. The molecule has 11 heteroatoms. The zero-order valence-electron chi connectivity index (χ0n) is 27.2. The first kappa shape index (κ1) is 31.4. The van der Waals surface area contributed by atoms with Crippen molar-refractivity contribution in [3.05, 3.63) is 59.2 Å². The molecule has 2 aromatic carbocycles. The van der Waals surface area contributed by atoms with Gasteiger partial charge in [-0.3, -0.25) is 19.2 Å². The maximum Gasteiger partial charge on any atom is 0.268 e. The van der Waals surface area contributed by atoms with Gasteiger partial charge < -0.3 is 25.3 Å². The second-order valence-electron chi connectivity index (χ2n) is 13.9. The molecular weight excluding hydrogens is 614 g/mol. The van der Waals surface area contributed by atoms with Crippen molar-refractivity contribution in [3.8, 4) is 5.75 Å². The second kappa shape index (κ2) is 12.1. The number of ketones is 1. The summed E-state index contributed by atoms with van der Waals surface area (Å²) in [6.45, 7) is 6.37. The SMILES string of the molecule is COc1cccc2[nH]c(C(=O)NC(C(=O)N3C[C@H]4[C@@H]([C@H]3C(=O)N[C@@H](C)C(=O)c3nc5ccccc5s3)C4(C)C)C3CCCCC3)cc12. The number of nitrogens with zero attached hydrogens (tertiary/aromatic N) is 2. The summed E-state index contributed by atoms with van der Waals surface area (Å²) in [5, 5.41) is 7.15. The molecule has 7 rings (SSSR count). The molecule has 3 fully saturated rings. The number of carbonyl (C=O) groups excluding carboxylic acids is 4. The topological polar surface area (TPSA) is 133 Å². The van der Waals surface area contributed by atoms with Crippen LogP contribution in [-0.4, -0.2) is 70.2 Å². The molecule has 2 aromatic heterocycles. The summed E-state index contributed by atoms with van der Waals surface area (Å²) in [7, 11) is 1.59. The summed E-state index contributed by atoms with van der Waals surface area (Å²) in [4.78, 5) is 65.0. The van der Waals surface area contributed by atoms with Gasteiger partial charge in [-0.05, 0) is 73.3 Å². The van der Waals surface area contributed by atoms with E-state index in [4.69, 9.17) is 4.74 Å². The number of thiazole rings is 1. The standard InChI is InChI=1S/C36H41N5O5S/c1-19(31(42)34-39-24-13-8-9-16-27(24)47-34)37-33(44)30-28-22(36(28,2)3)18-41(30)35(45)29(20-11-6-5-7-12-20)40-32(43)25-17-21-23(38-25)14-10-15-26(21)46-4/h8-10,13-17,19-20,22,28-30,38H,5-7,11-12,18H2,1-4H3,(H,37,44)(H,40,43)/t19-,22-,28-,29?,30-/m0/s1. The van der Waals surface area contributed by atoms with Crippen LogP contribution in [0.25, 0.3) is 21.1 Å². The Balaban J connectivity index is 1.12. The summed E-state index contributed by atoms with van der Waals surface area (Å²) < 4.78 is 6.38. The Morgan fingerprint density at radius 1 is 1.04 bits per heavy atom. The number of Topliss-reactive ketones (excluding diaryl/α,β-unsaturated/α-hetero) is 1. The van der Waals surface area contributed by atoms with E-state index in [9.17, 15) is 19.2 Å². The molecular formula is C36H41N5O5S. The molecule has 3 aliphatic rings. The minimum absolute atomic E-state index is 0.0277. The van der Waals surface area contributed by atoms with Gasteiger partial charge in [-0.25, -0.2) is 4.98 Å². The van der Waals surface area contributed by atoms with Crippen LogP contribution in [0, 0.1) is 23.2 Å². The Bertz CT molecular complexity index is 1840. The Morgan fingerprint density at radius 3 is 2.55 bits per heavy atom. The van der Waals surface area contributed by atoms with Crippen LogP contribution < -0.4 is 15.4 Å². The lowest BCUT2D eigenvalue weighted by Crippen LogP contribution is -2.59. The molecule has 5 atom stereocenters. The lowest BCUT2D eigenvalue weighted by atomic mass is 9.83. The number of ether oxygens (including phenoxy) is 1. The molecule has 0 radical (unpaired) electrons. The number of hydrogen-bond donors (Lipinski definition) is 3. The summed E-state index contributed by atoms with van der Waals surface area (Å²) >= 11 is 1.31. The van der Waals surface area contributed by atoms with Crippen LogP contribution in [0.2, 0.25) is 0 Å². The predicted molar refractivity (Wildman–Crippen MR) is 180 cm³/mol. The number of aromatic amines is 1.